The molecule has 88 valence electrons. The Morgan fingerprint density at radius 3 is 3.25 bits per heavy atom. The summed E-state index contributed by atoms with van der Waals surface area (Å²) in [4.78, 5) is 15.4. The molecule has 1 aliphatic heterocycles. The van der Waals surface area contributed by atoms with Crippen molar-refractivity contribution in [1.29, 1.82) is 0 Å². The molecule has 0 unspecified atom stereocenters. The SMILES string of the molecule is O=C(Cn1ccnc1)N[C@@H]1COCC[C@H]1O. The van der Waals surface area contributed by atoms with Crippen LogP contribution in [0, 0.1) is 0 Å². The number of hydrogen-bond acceptors (Lipinski definition) is 4. The molecule has 1 fully saturated rings. The van der Waals surface area contributed by atoms with E-state index >= 15 is 0 Å². The third kappa shape index (κ3) is 2.80. The quantitative estimate of drug-likeness (QED) is 0.702. The van der Waals surface area contributed by atoms with Gasteiger partial charge in [0.05, 0.1) is 25.1 Å². The first-order valence-corrected chi connectivity index (χ1v) is 5.26. The minimum atomic E-state index is -0.513. The van der Waals surface area contributed by atoms with Crippen LogP contribution in [0.15, 0.2) is 18.7 Å². The number of amides is 1. The molecule has 2 N–H and O–H groups in total. The number of carbonyl (C=O) groups is 1. The van der Waals surface area contributed by atoms with E-state index in [1.807, 2.05) is 0 Å². The van der Waals surface area contributed by atoms with Crippen molar-refractivity contribution < 1.29 is 14.6 Å². The molecule has 0 saturated carbocycles. The fourth-order valence-corrected chi connectivity index (χ4v) is 1.66. The van der Waals surface area contributed by atoms with Gasteiger partial charge >= 0.3 is 0 Å². The van der Waals surface area contributed by atoms with Crippen molar-refractivity contribution in [3.05, 3.63) is 18.7 Å². The zero-order valence-electron chi connectivity index (χ0n) is 8.87. The number of aromatic nitrogens is 2. The molecule has 2 atom stereocenters. The minimum absolute atomic E-state index is 0.146. The molecule has 0 spiro atoms. The third-order valence-electron chi connectivity index (χ3n) is 2.55. The first-order valence-electron chi connectivity index (χ1n) is 5.26. The van der Waals surface area contributed by atoms with Gasteiger partial charge in [-0.25, -0.2) is 4.98 Å². The van der Waals surface area contributed by atoms with Crippen molar-refractivity contribution in [2.45, 2.75) is 25.1 Å². The largest absolute Gasteiger partial charge is 0.391 e. The molecular weight excluding hydrogens is 210 g/mol. The second-order valence-electron chi connectivity index (χ2n) is 3.84. The number of ether oxygens (including phenoxy) is 1. The number of aliphatic hydroxyl groups is 1. The Labute approximate surface area is 93.2 Å². The smallest absolute Gasteiger partial charge is 0.240 e. The van der Waals surface area contributed by atoms with Gasteiger partial charge in [-0.05, 0) is 6.42 Å². The number of nitrogens with one attached hydrogen (secondary N) is 1. The summed E-state index contributed by atoms with van der Waals surface area (Å²) in [5.74, 6) is -0.146. The maximum absolute atomic E-state index is 11.6. The number of aliphatic hydroxyl groups excluding tert-OH is 1. The molecule has 0 aromatic carbocycles. The highest BCUT2D eigenvalue weighted by molar-refractivity contribution is 5.76. The molecule has 1 amide bonds. The van der Waals surface area contributed by atoms with Gasteiger partial charge in [-0.3, -0.25) is 4.79 Å². The van der Waals surface area contributed by atoms with Gasteiger partial charge in [-0.15, -0.1) is 0 Å². The van der Waals surface area contributed by atoms with Gasteiger partial charge in [0.15, 0.2) is 0 Å². The first-order chi connectivity index (χ1) is 7.75. The van der Waals surface area contributed by atoms with E-state index in [1.165, 1.54) is 0 Å². The van der Waals surface area contributed by atoms with E-state index in [4.69, 9.17) is 4.74 Å². The van der Waals surface area contributed by atoms with Crippen molar-refractivity contribution >= 4 is 5.91 Å². The molecule has 16 heavy (non-hydrogen) atoms. The Kier molecular flexibility index (Phi) is 3.53. The summed E-state index contributed by atoms with van der Waals surface area (Å²) >= 11 is 0. The average molecular weight is 225 g/mol. The van der Waals surface area contributed by atoms with Crippen LogP contribution < -0.4 is 5.32 Å². The standard InChI is InChI=1S/C10H15N3O3/c14-9-1-4-16-6-8(9)12-10(15)5-13-3-2-11-7-13/h2-3,7-9,14H,1,4-6H2,(H,12,15)/t8-,9-/m1/s1. The highest BCUT2D eigenvalue weighted by Crippen LogP contribution is 2.07. The number of imidazole rings is 1. The second kappa shape index (κ2) is 5.09. The van der Waals surface area contributed by atoms with E-state index in [2.05, 4.69) is 10.3 Å². The molecule has 0 aliphatic carbocycles. The van der Waals surface area contributed by atoms with E-state index in [-0.39, 0.29) is 18.5 Å². The van der Waals surface area contributed by atoms with Crippen LogP contribution in [0.1, 0.15) is 6.42 Å². The lowest BCUT2D eigenvalue weighted by Crippen LogP contribution is -2.50. The van der Waals surface area contributed by atoms with Crippen LogP contribution in [0.3, 0.4) is 0 Å². The summed E-state index contributed by atoms with van der Waals surface area (Å²) in [5, 5.41) is 12.4. The number of rotatable bonds is 3. The predicted octanol–water partition coefficient (Wildman–Crippen LogP) is -0.851. The average Bonchev–Trinajstić information content (AvgIpc) is 2.74. The van der Waals surface area contributed by atoms with Crippen LogP contribution in [0.4, 0.5) is 0 Å². The van der Waals surface area contributed by atoms with Crippen molar-refractivity contribution in [3.8, 4) is 0 Å². The first kappa shape index (κ1) is 11.1. The van der Waals surface area contributed by atoms with Crippen molar-refractivity contribution in [3.63, 3.8) is 0 Å². The summed E-state index contributed by atoms with van der Waals surface area (Å²) in [5.41, 5.74) is 0. The summed E-state index contributed by atoms with van der Waals surface area (Å²) in [6.07, 6.45) is 4.96. The van der Waals surface area contributed by atoms with Gasteiger partial charge in [0.1, 0.15) is 6.54 Å². The van der Waals surface area contributed by atoms with Gasteiger partial charge in [-0.1, -0.05) is 0 Å². The lowest BCUT2D eigenvalue weighted by atomic mass is 10.1. The Bertz CT molecular complexity index is 339. The number of carbonyl (C=O) groups excluding carboxylic acids is 1. The van der Waals surface area contributed by atoms with Gasteiger partial charge in [0.2, 0.25) is 5.91 Å². The lowest BCUT2D eigenvalue weighted by molar-refractivity contribution is -0.125. The van der Waals surface area contributed by atoms with Crippen LogP contribution >= 0.6 is 0 Å². The Morgan fingerprint density at radius 1 is 1.69 bits per heavy atom. The molecule has 2 heterocycles. The van der Waals surface area contributed by atoms with Gasteiger partial charge < -0.3 is 19.7 Å². The van der Waals surface area contributed by atoms with Crippen LogP contribution in [-0.4, -0.2) is 45.9 Å². The maximum atomic E-state index is 11.6. The molecule has 0 radical (unpaired) electrons. The highest BCUT2D eigenvalue weighted by atomic mass is 16.5. The topological polar surface area (TPSA) is 76.4 Å². The number of nitrogens with zero attached hydrogens (tertiary/aromatic N) is 2. The zero-order chi connectivity index (χ0) is 11.4. The zero-order valence-corrected chi connectivity index (χ0v) is 8.87. The Hall–Kier alpha value is -1.40. The summed E-state index contributed by atoms with van der Waals surface area (Å²) in [6.45, 7) is 1.13. The van der Waals surface area contributed by atoms with E-state index < -0.39 is 6.10 Å². The molecule has 0 bridgehead atoms. The lowest BCUT2D eigenvalue weighted by Gasteiger charge is -2.28. The molecule has 6 nitrogen and oxygen atoms in total. The normalized spacial score (nSPS) is 25.3. The third-order valence-corrected chi connectivity index (χ3v) is 2.55. The Morgan fingerprint density at radius 2 is 2.56 bits per heavy atom. The van der Waals surface area contributed by atoms with Crippen molar-refractivity contribution in [2.24, 2.45) is 0 Å². The monoisotopic (exact) mass is 225 g/mol. The van der Waals surface area contributed by atoms with E-state index in [0.29, 0.717) is 19.6 Å². The fourth-order valence-electron chi connectivity index (χ4n) is 1.66. The van der Waals surface area contributed by atoms with Crippen molar-refractivity contribution in [2.75, 3.05) is 13.2 Å². The van der Waals surface area contributed by atoms with E-state index in [9.17, 15) is 9.90 Å². The molecular formula is C10H15N3O3. The Balaban J connectivity index is 1.82. The van der Waals surface area contributed by atoms with E-state index in [0.717, 1.165) is 0 Å². The summed E-state index contributed by atoms with van der Waals surface area (Å²) in [6, 6.07) is -0.301. The highest BCUT2D eigenvalue weighted by Gasteiger charge is 2.24. The molecule has 1 aliphatic rings. The van der Waals surface area contributed by atoms with Crippen LogP contribution in [0.5, 0.6) is 0 Å². The fraction of sp³-hybridized carbons (Fsp3) is 0.600. The molecule has 1 aromatic heterocycles. The predicted molar refractivity (Wildman–Crippen MR) is 55.6 cm³/mol. The number of hydrogen-bond donors (Lipinski definition) is 2. The van der Waals surface area contributed by atoms with E-state index in [1.54, 1.807) is 23.3 Å². The maximum Gasteiger partial charge on any atom is 0.240 e. The second-order valence-corrected chi connectivity index (χ2v) is 3.84. The van der Waals surface area contributed by atoms with Crippen LogP contribution in [0.2, 0.25) is 0 Å². The van der Waals surface area contributed by atoms with Crippen LogP contribution in [0.25, 0.3) is 0 Å². The molecule has 1 aromatic rings. The molecule has 6 heteroatoms. The van der Waals surface area contributed by atoms with Gasteiger partial charge in [0, 0.05) is 19.0 Å². The molecule has 2 rings (SSSR count). The summed E-state index contributed by atoms with van der Waals surface area (Å²) in [7, 11) is 0. The van der Waals surface area contributed by atoms with Crippen molar-refractivity contribution in [1.82, 2.24) is 14.9 Å². The minimum Gasteiger partial charge on any atom is -0.391 e. The van der Waals surface area contributed by atoms with Gasteiger partial charge in [0.25, 0.3) is 0 Å². The van der Waals surface area contributed by atoms with Crippen LogP contribution in [-0.2, 0) is 16.1 Å². The summed E-state index contributed by atoms with van der Waals surface area (Å²) < 4.78 is 6.87. The van der Waals surface area contributed by atoms with Gasteiger partial charge in [-0.2, -0.15) is 0 Å². The molecule has 1 saturated heterocycles.